The number of fused-ring (bicyclic) bond motifs is 1. The smallest absolute Gasteiger partial charge is 0.332 e. The molecule has 0 radical (unpaired) electrons. The predicted molar refractivity (Wildman–Crippen MR) is 70.4 cm³/mol. The fraction of sp³-hybridized carbons (Fsp3) is 0.364. The monoisotopic (exact) mass is 249 g/mol. The number of pyridine rings is 1. The largest absolute Gasteiger partial charge is 0.396 e. The van der Waals surface area contributed by atoms with Crippen LogP contribution in [0.4, 0.5) is 11.4 Å². The second kappa shape index (κ2) is 4.17. The van der Waals surface area contributed by atoms with Gasteiger partial charge < -0.3 is 11.5 Å². The molecule has 4 N–H and O–H groups in total. The summed E-state index contributed by atoms with van der Waals surface area (Å²) in [5, 5.41) is 0.207. The first-order valence-electron chi connectivity index (χ1n) is 5.70. The first kappa shape index (κ1) is 12.2. The second-order valence-electron chi connectivity index (χ2n) is 3.90. The summed E-state index contributed by atoms with van der Waals surface area (Å²) in [6.07, 6.45) is 1.36. The molecule has 18 heavy (non-hydrogen) atoms. The van der Waals surface area contributed by atoms with E-state index in [4.69, 9.17) is 11.5 Å². The second-order valence-corrected chi connectivity index (χ2v) is 3.90. The summed E-state index contributed by atoms with van der Waals surface area (Å²) in [4.78, 5) is 28.3. The molecule has 0 saturated heterocycles. The molecule has 0 bridgehead atoms. The molecule has 0 aliphatic heterocycles. The van der Waals surface area contributed by atoms with Crippen molar-refractivity contribution in [2.75, 3.05) is 11.5 Å². The van der Waals surface area contributed by atoms with Gasteiger partial charge in [0.05, 0.1) is 17.6 Å². The van der Waals surface area contributed by atoms with Crippen LogP contribution in [0, 0.1) is 0 Å². The van der Waals surface area contributed by atoms with Gasteiger partial charge in [-0.15, -0.1) is 0 Å². The van der Waals surface area contributed by atoms with Crippen LogP contribution in [0.5, 0.6) is 0 Å². The Labute approximate surface area is 103 Å². The van der Waals surface area contributed by atoms with Gasteiger partial charge in [0.15, 0.2) is 5.65 Å². The SMILES string of the molecule is CCn1c(=O)c2c(N)c(N)cnc2n(CC)c1=O. The molecule has 7 heteroatoms. The molecule has 0 saturated carbocycles. The standard InChI is InChI=1S/C11H15N5O2/c1-3-15-9-7(8(13)6(12)5-14-9)10(17)16(4-2)11(15)18/h5H,3-4,12H2,1-2H3,(H2,13,14). The molecule has 2 aromatic rings. The van der Waals surface area contributed by atoms with Crippen molar-refractivity contribution in [2.45, 2.75) is 26.9 Å². The van der Waals surface area contributed by atoms with E-state index in [1.807, 2.05) is 0 Å². The predicted octanol–water partition coefficient (Wildman–Crippen LogP) is -0.238. The van der Waals surface area contributed by atoms with Gasteiger partial charge in [-0.25, -0.2) is 9.78 Å². The van der Waals surface area contributed by atoms with Crippen molar-refractivity contribution in [3.8, 4) is 0 Å². The van der Waals surface area contributed by atoms with Crippen molar-refractivity contribution >= 4 is 22.4 Å². The molecule has 0 fully saturated rings. The Bertz CT molecular complexity index is 729. The topological polar surface area (TPSA) is 109 Å². The number of nitrogen functional groups attached to an aromatic ring is 2. The van der Waals surface area contributed by atoms with Crippen LogP contribution in [0.2, 0.25) is 0 Å². The lowest BCUT2D eigenvalue weighted by molar-refractivity contribution is 0.605. The highest BCUT2D eigenvalue weighted by molar-refractivity contribution is 5.93. The lowest BCUT2D eigenvalue weighted by Crippen LogP contribution is -2.40. The van der Waals surface area contributed by atoms with E-state index in [0.717, 1.165) is 4.57 Å². The number of anilines is 2. The molecule has 0 amide bonds. The summed E-state index contributed by atoms with van der Waals surface area (Å²) in [5.74, 6) is 0. The van der Waals surface area contributed by atoms with E-state index in [1.165, 1.54) is 10.8 Å². The summed E-state index contributed by atoms with van der Waals surface area (Å²) in [6, 6.07) is 0. The molecule has 0 spiro atoms. The number of hydrogen-bond donors (Lipinski definition) is 2. The Hall–Kier alpha value is -2.31. The van der Waals surface area contributed by atoms with E-state index in [9.17, 15) is 9.59 Å². The Morgan fingerprint density at radius 2 is 1.78 bits per heavy atom. The Kier molecular flexibility index (Phi) is 2.82. The first-order chi connectivity index (χ1) is 8.52. The minimum atomic E-state index is -0.445. The first-order valence-corrected chi connectivity index (χ1v) is 5.70. The van der Waals surface area contributed by atoms with Gasteiger partial charge in [0.2, 0.25) is 0 Å². The minimum Gasteiger partial charge on any atom is -0.396 e. The highest BCUT2D eigenvalue weighted by atomic mass is 16.2. The van der Waals surface area contributed by atoms with Crippen molar-refractivity contribution < 1.29 is 0 Å². The number of hydrogen-bond acceptors (Lipinski definition) is 5. The van der Waals surface area contributed by atoms with Crippen molar-refractivity contribution in [1.29, 1.82) is 0 Å². The summed E-state index contributed by atoms with van der Waals surface area (Å²) < 4.78 is 2.54. The summed E-state index contributed by atoms with van der Waals surface area (Å²) in [5.41, 5.74) is 11.3. The summed E-state index contributed by atoms with van der Waals surface area (Å²) in [7, 11) is 0. The zero-order valence-corrected chi connectivity index (χ0v) is 10.3. The van der Waals surface area contributed by atoms with Crippen LogP contribution in [-0.4, -0.2) is 14.1 Å². The van der Waals surface area contributed by atoms with E-state index < -0.39 is 5.56 Å². The van der Waals surface area contributed by atoms with Crippen LogP contribution in [0.3, 0.4) is 0 Å². The third-order valence-corrected chi connectivity index (χ3v) is 2.94. The van der Waals surface area contributed by atoms with Gasteiger partial charge in [-0.3, -0.25) is 13.9 Å². The molecule has 2 heterocycles. The van der Waals surface area contributed by atoms with E-state index >= 15 is 0 Å². The summed E-state index contributed by atoms with van der Waals surface area (Å²) in [6.45, 7) is 4.22. The maximum atomic E-state index is 12.2. The Balaban J connectivity index is 3.15. The zero-order chi connectivity index (χ0) is 13.4. The highest BCUT2D eigenvalue weighted by Crippen LogP contribution is 2.20. The Morgan fingerprint density at radius 1 is 1.17 bits per heavy atom. The van der Waals surface area contributed by atoms with Crippen molar-refractivity contribution in [3.05, 3.63) is 27.0 Å². The quantitative estimate of drug-likeness (QED) is 0.763. The lowest BCUT2D eigenvalue weighted by atomic mass is 10.2. The molecule has 2 rings (SSSR count). The molecular weight excluding hydrogens is 234 g/mol. The maximum Gasteiger partial charge on any atom is 0.332 e. The molecule has 0 aliphatic rings. The zero-order valence-electron chi connectivity index (χ0n) is 10.3. The number of rotatable bonds is 2. The molecular formula is C11H15N5O2. The van der Waals surface area contributed by atoms with Crippen molar-refractivity contribution in [3.63, 3.8) is 0 Å². The fourth-order valence-electron chi connectivity index (χ4n) is 1.97. The number of aromatic nitrogens is 3. The fourth-order valence-corrected chi connectivity index (χ4v) is 1.97. The van der Waals surface area contributed by atoms with Crippen LogP contribution < -0.4 is 22.7 Å². The van der Waals surface area contributed by atoms with E-state index in [2.05, 4.69) is 4.98 Å². The molecule has 2 aromatic heterocycles. The summed E-state index contributed by atoms with van der Waals surface area (Å²) >= 11 is 0. The number of aryl methyl sites for hydroxylation is 1. The van der Waals surface area contributed by atoms with Gasteiger partial charge in [0.25, 0.3) is 5.56 Å². The van der Waals surface area contributed by atoms with Crippen LogP contribution in [-0.2, 0) is 13.1 Å². The van der Waals surface area contributed by atoms with E-state index in [-0.39, 0.29) is 34.6 Å². The van der Waals surface area contributed by atoms with Crippen LogP contribution in [0.25, 0.3) is 11.0 Å². The molecule has 0 atom stereocenters. The van der Waals surface area contributed by atoms with Crippen LogP contribution in [0.1, 0.15) is 13.8 Å². The molecule has 0 aliphatic carbocycles. The van der Waals surface area contributed by atoms with Gasteiger partial charge in [0.1, 0.15) is 5.39 Å². The van der Waals surface area contributed by atoms with E-state index in [0.29, 0.717) is 6.54 Å². The van der Waals surface area contributed by atoms with Crippen LogP contribution >= 0.6 is 0 Å². The molecule has 0 unspecified atom stereocenters. The number of nitrogens with two attached hydrogens (primary N) is 2. The lowest BCUT2D eigenvalue weighted by Gasteiger charge is -2.12. The van der Waals surface area contributed by atoms with Gasteiger partial charge in [-0.05, 0) is 13.8 Å². The van der Waals surface area contributed by atoms with Crippen molar-refractivity contribution in [1.82, 2.24) is 14.1 Å². The van der Waals surface area contributed by atoms with Crippen molar-refractivity contribution in [2.24, 2.45) is 0 Å². The molecule has 96 valence electrons. The van der Waals surface area contributed by atoms with Gasteiger partial charge >= 0.3 is 5.69 Å². The van der Waals surface area contributed by atoms with Gasteiger partial charge in [-0.1, -0.05) is 0 Å². The average Bonchev–Trinajstić information content (AvgIpc) is 2.34. The third kappa shape index (κ3) is 1.47. The Morgan fingerprint density at radius 3 is 2.33 bits per heavy atom. The molecule has 7 nitrogen and oxygen atoms in total. The highest BCUT2D eigenvalue weighted by Gasteiger charge is 2.15. The average molecular weight is 249 g/mol. The van der Waals surface area contributed by atoms with Gasteiger partial charge in [0, 0.05) is 13.1 Å². The normalized spacial score (nSPS) is 11.0. The maximum absolute atomic E-state index is 12.2. The number of nitrogens with zero attached hydrogens (tertiary/aromatic N) is 3. The minimum absolute atomic E-state index is 0.175. The van der Waals surface area contributed by atoms with Gasteiger partial charge in [-0.2, -0.15) is 0 Å². The van der Waals surface area contributed by atoms with Crippen LogP contribution in [0.15, 0.2) is 15.8 Å². The third-order valence-electron chi connectivity index (χ3n) is 2.94. The van der Waals surface area contributed by atoms with E-state index in [1.54, 1.807) is 13.8 Å². The molecule has 0 aromatic carbocycles.